The molecule has 1 amide bonds. The zero-order chi connectivity index (χ0) is 23.1. The lowest BCUT2D eigenvalue weighted by atomic mass is 10.00. The Bertz CT molecular complexity index is 1390. The minimum Gasteiger partial charge on any atom is -0.507 e. The molecule has 0 bridgehead atoms. The standard InChI is InChI=1S/C25H20N2O4S2/c1-3-14-6-11-17-19(13-14)33-25(26-17)27-21(18-5-4-12-32-18)20(23(29)24(27)30)22(28)15-7-9-16(31-2)10-8-15/h4-13,21,28H,3H2,1-2H3/t21-/m1/s1. The topological polar surface area (TPSA) is 79.7 Å². The molecule has 6 nitrogen and oxygen atoms in total. The largest absolute Gasteiger partial charge is 0.507 e. The Kier molecular flexibility index (Phi) is 5.47. The van der Waals surface area contributed by atoms with Crippen molar-refractivity contribution < 1.29 is 19.4 Å². The quantitative estimate of drug-likeness (QED) is 0.232. The summed E-state index contributed by atoms with van der Waals surface area (Å²) in [6.07, 6.45) is 0.894. The summed E-state index contributed by atoms with van der Waals surface area (Å²) in [5.41, 5.74) is 2.44. The number of thiazole rings is 1. The third-order valence-electron chi connectivity index (χ3n) is 5.68. The van der Waals surface area contributed by atoms with Crippen LogP contribution in [-0.4, -0.2) is 28.9 Å². The third-order valence-corrected chi connectivity index (χ3v) is 7.62. The Morgan fingerprint density at radius 3 is 2.61 bits per heavy atom. The van der Waals surface area contributed by atoms with Crippen LogP contribution in [0.15, 0.2) is 65.6 Å². The van der Waals surface area contributed by atoms with Gasteiger partial charge in [0, 0.05) is 10.4 Å². The molecule has 0 spiro atoms. The maximum absolute atomic E-state index is 13.2. The van der Waals surface area contributed by atoms with E-state index in [9.17, 15) is 14.7 Å². The van der Waals surface area contributed by atoms with Gasteiger partial charge in [-0.2, -0.15) is 0 Å². The Labute approximate surface area is 198 Å². The van der Waals surface area contributed by atoms with Gasteiger partial charge >= 0.3 is 5.91 Å². The molecule has 4 aromatic rings. The number of ketones is 1. The maximum Gasteiger partial charge on any atom is 0.301 e. The fourth-order valence-electron chi connectivity index (χ4n) is 3.93. The van der Waals surface area contributed by atoms with Crippen molar-refractivity contribution in [2.45, 2.75) is 19.4 Å². The first-order chi connectivity index (χ1) is 16.0. The second-order valence-corrected chi connectivity index (χ2v) is 9.55. The Morgan fingerprint density at radius 2 is 1.94 bits per heavy atom. The summed E-state index contributed by atoms with van der Waals surface area (Å²) in [5.74, 6) is -1.01. The number of methoxy groups -OCH3 is 1. The molecule has 1 saturated heterocycles. The molecule has 8 heteroatoms. The molecule has 2 aromatic carbocycles. The number of hydrogen-bond donors (Lipinski definition) is 1. The number of ether oxygens (including phenoxy) is 1. The lowest BCUT2D eigenvalue weighted by Crippen LogP contribution is -2.28. The highest BCUT2D eigenvalue weighted by atomic mass is 32.1. The van der Waals surface area contributed by atoms with Crippen LogP contribution in [0.1, 0.15) is 29.0 Å². The number of amides is 1. The number of anilines is 1. The molecule has 33 heavy (non-hydrogen) atoms. The molecular weight excluding hydrogens is 456 g/mol. The van der Waals surface area contributed by atoms with Crippen molar-refractivity contribution >= 4 is 55.5 Å². The van der Waals surface area contributed by atoms with Gasteiger partial charge in [-0.3, -0.25) is 14.5 Å². The van der Waals surface area contributed by atoms with E-state index >= 15 is 0 Å². The van der Waals surface area contributed by atoms with Crippen molar-refractivity contribution in [3.63, 3.8) is 0 Å². The van der Waals surface area contributed by atoms with Crippen LogP contribution >= 0.6 is 22.7 Å². The van der Waals surface area contributed by atoms with E-state index in [0.29, 0.717) is 16.4 Å². The fraction of sp³-hybridized carbons (Fsp3) is 0.160. The molecule has 2 aromatic heterocycles. The van der Waals surface area contributed by atoms with Gasteiger partial charge < -0.3 is 9.84 Å². The smallest absolute Gasteiger partial charge is 0.301 e. The zero-order valence-corrected chi connectivity index (χ0v) is 19.6. The molecule has 166 valence electrons. The van der Waals surface area contributed by atoms with E-state index in [1.165, 1.54) is 33.1 Å². The summed E-state index contributed by atoms with van der Waals surface area (Å²) in [5, 5.41) is 13.5. The van der Waals surface area contributed by atoms with Crippen LogP contribution < -0.4 is 9.64 Å². The first kappa shape index (κ1) is 21.4. The van der Waals surface area contributed by atoms with Crippen LogP contribution in [0.5, 0.6) is 5.75 Å². The molecule has 0 unspecified atom stereocenters. The van der Waals surface area contributed by atoms with E-state index < -0.39 is 17.7 Å². The highest BCUT2D eigenvalue weighted by molar-refractivity contribution is 7.22. The number of aromatic nitrogens is 1. The number of fused-ring (bicyclic) bond motifs is 1. The van der Waals surface area contributed by atoms with E-state index in [1.807, 2.05) is 29.6 Å². The number of benzene rings is 2. The van der Waals surface area contributed by atoms with Gasteiger partial charge in [-0.15, -0.1) is 11.3 Å². The predicted molar refractivity (Wildman–Crippen MR) is 131 cm³/mol. The summed E-state index contributed by atoms with van der Waals surface area (Å²) in [6.45, 7) is 2.08. The first-order valence-corrected chi connectivity index (χ1v) is 12.1. The average Bonchev–Trinajstić information content (AvgIpc) is 3.57. The van der Waals surface area contributed by atoms with Crippen molar-refractivity contribution in [1.29, 1.82) is 0 Å². The van der Waals surface area contributed by atoms with Crippen LogP contribution in [-0.2, 0) is 16.0 Å². The Hall–Kier alpha value is -3.49. The molecular formula is C25H20N2O4S2. The summed E-state index contributed by atoms with van der Waals surface area (Å²) in [6, 6.07) is 15.7. The van der Waals surface area contributed by atoms with Gasteiger partial charge in [0.05, 0.1) is 22.9 Å². The molecule has 0 saturated carbocycles. The van der Waals surface area contributed by atoms with Crippen molar-refractivity contribution in [3.8, 4) is 5.75 Å². The zero-order valence-electron chi connectivity index (χ0n) is 17.9. The van der Waals surface area contributed by atoms with E-state index in [1.54, 1.807) is 31.4 Å². The second-order valence-electron chi connectivity index (χ2n) is 7.57. The number of thiophene rings is 1. The fourth-order valence-corrected chi connectivity index (χ4v) is 5.81. The maximum atomic E-state index is 13.2. The SMILES string of the molecule is CCc1ccc2nc(N3C(=O)C(=O)C(=C(O)c4ccc(OC)cc4)[C@H]3c3cccs3)sc2c1. The number of aliphatic hydroxyl groups excluding tert-OH is 1. The average molecular weight is 477 g/mol. The summed E-state index contributed by atoms with van der Waals surface area (Å²) >= 11 is 2.79. The van der Waals surface area contributed by atoms with E-state index in [-0.39, 0.29) is 11.3 Å². The second kappa shape index (κ2) is 8.46. The van der Waals surface area contributed by atoms with E-state index in [2.05, 4.69) is 18.0 Å². The molecule has 1 atom stereocenters. The van der Waals surface area contributed by atoms with Gasteiger partial charge in [0.15, 0.2) is 5.13 Å². The van der Waals surface area contributed by atoms with Gasteiger partial charge in [0.2, 0.25) is 0 Å². The lowest BCUT2D eigenvalue weighted by molar-refractivity contribution is -0.132. The minimum absolute atomic E-state index is 0.0566. The van der Waals surface area contributed by atoms with Crippen molar-refractivity contribution in [3.05, 3.63) is 81.6 Å². The highest BCUT2D eigenvalue weighted by Crippen LogP contribution is 2.45. The number of Topliss-reactive ketones (excluding diaryl/α,β-unsaturated/α-hetero) is 1. The molecule has 0 radical (unpaired) electrons. The van der Waals surface area contributed by atoms with Crippen molar-refractivity contribution in [1.82, 2.24) is 4.98 Å². The van der Waals surface area contributed by atoms with E-state index in [0.717, 1.165) is 21.5 Å². The highest BCUT2D eigenvalue weighted by Gasteiger charge is 2.48. The summed E-state index contributed by atoms with van der Waals surface area (Å²) < 4.78 is 6.13. The number of aliphatic hydroxyl groups is 1. The van der Waals surface area contributed by atoms with Gasteiger partial charge in [0.1, 0.15) is 17.6 Å². The molecule has 3 heterocycles. The molecule has 0 aliphatic carbocycles. The molecule has 1 N–H and O–H groups in total. The van der Waals surface area contributed by atoms with E-state index in [4.69, 9.17) is 4.74 Å². The molecule has 1 aliphatic rings. The Morgan fingerprint density at radius 1 is 1.15 bits per heavy atom. The number of hydrogen-bond acceptors (Lipinski definition) is 7. The van der Waals surface area contributed by atoms with Crippen LogP contribution in [0.25, 0.3) is 16.0 Å². The third kappa shape index (κ3) is 3.61. The van der Waals surface area contributed by atoms with Gasteiger partial charge in [0.25, 0.3) is 5.78 Å². The molecule has 5 rings (SSSR count). The number of carbonyl (C=O) groups excluding carboxylic acids is 2. The van der Waals surface area contributed by atoms with Gasteiger partial charge in [-0.25, -0.2) is 4.98 Å². The van der Waals surface area contributed by atoms with Crippen LogP contribution in [0, 0.1) is 0 Å². The minimum atomic E-state index is -0.752. The molecule has 1 aliphatic heterocycles. The Balaban J connectivity index is 1.67. The number of nitrogens with zero attached hydrogens (tertiary/aromatic N) is 2. The lowest BCUT2D eigenvalue weighted by Gasteiger charge is -2.21. The number of rotatable bonds is 5. The van der Waals surface area contributed by atoms with Crippen LogP contribution in [0.2, 0.25) is 0 Å². The summed E-state index contributed by atoms with van der Waals surface area (Å²) in [7, 11) is 1.55. The van der Waals surface area contributed by atoms with Gasteiger partial charge in [-0.1, -0.05) is 30.4 Å². The van der Waals surface area contributed by atoms with Gasteiger partial charge in [-0.05, 0) is 59.8 Å². The van der Waals surface area contributed by atoms with Crippen LogP contribution in [0.4, 0.5) is 5.13 Å². The van der Waals surface area contributed by atoms with Crippen molar-refractivity contribution in [2.75, 3.05) is 12.0 Å². The molecule has 1 fully saturated rings. The predicted octanol–water partition coefficient (Wildman–Crippen LogP) is 5.56. The van der Waals surface area contributed by atoms with Crippen LogP contribution in [0.3, 0.4) is 0 Å². The van der Waals surface area contributed by atoms with Crippen molar-refractivity contribution in [2.24, 2.45) is 0 Å². The number of aryl methyl sites for hydroxylation is 1. The monoisotopic (exact) mass is 476 g/mol. The normalized spacial score (nSPS) is 17.8. The first-order valence-electron chi connectivity index (χ1n) is 10.4. The number of carbonyl (C=O) groups is 2. The summed E-state index contributed by atoms with van der Waals surface area (Å²) in [4.78, 5) is 33.3.